The summed E-state index contributed by atoms with van der Waals surface area (Å²) in [6, 6.07) is 0. The highest BCUT2D eigenvalue weighted by atomic mass is 15.5. The van der Waals surface area contributed by atoms with Crippen LogP contribution in [0.1, 0.15) is 19.3 Å². The van der Waals surface area contributed by atoms with Crippen LogP contribution in [0.25, 0.3) is 0 Å². The van der Waals surface area contributed by atoms with Crippen molar-refractivity contribution in [1.82, 2.24) is 5.01 Å². The number of nitrogens with zero attached hydrogens (tertiary/aromatic N) is 1. The molecule has 0 saturated heterocycles. The van der Waals surface area contributed by atoms with Crippen molar-refractivity contribution in [2.24, 2.45) is 0 Å². The van der Waals surface area contributed by atoms with Gasteiger partial charge in [-0.15, -0.1) is 0 Å². The Morgan fingerprint density at radius 1 is 1.40 bits per heavy atom. The van der Waals surface area contributed by atoms with Crippen molar-refractivity contribution in [1.29, 1.82) is 0 Å². The van der Waals surface area contributed by atoms with Gasteiger partial charge in [-0.2, -0.15) is 0 Å². The van der Waals surface area contributed by atoms with Crippen LogP contribution in [0.4, 0.5) is 0 Å². The monoisotopic (exact) mass is 137 g/mol. The van der Waals surface area contributed by atoms with Crippen LogP contribution < -0.4 is 5.43 Å². The Hall–Kier alpha value is -0.760. The molecular formula is C8H13N2+. The average molecular weight is 137 g/mol. The standard InChI is InChI=1S/C8H12N2/c1-10-6-8-4-2-3-7(8)5-9-10/h5-6,9H,2-4H2,1H3/p+1. The van der Waals surface area contributed by atoms with Crippen LogP contribution in [0.2, 0.25) is 0 Å². The lowest BCUT2D eigenvalue weighted by molar-refractivity contribution is -0.734. The molecule has 2 N–H and O–H groups in total. The SMILES string of the molecule is CN1C=C2CCCC2=C[NH2+]1. The van der Waals surface area contributed by atoms with Gasteiger partial charge in [0, 0.05) is 5.57 Å². The fourth-order valence-corrected chi connectivity index (χ4v) is 1.62. The zero-order valence-corrected chi connectivity index (χ0v) is 6.30. The maximum absolute atomic E-state index is 2.24. The van der Waals surface area contributed by atoms with E-state index in [-0.39, 0.29) is 0 Å². The molecule has 0 unspecified atom stereocenters. The fraction of sp³-hybridized carbons (Fsp3) is 0.500. The van der Waals surface area contributed by atoms with Crippen molar-refractivity contribution in [3.05, 3.63) is 23.5 Å². The van der Waals surface area contributed by atoms with E-state index >= 15 is 0 Å². The highest BCUT2D eigenvalue weighted by Crippen LogP contribution is 2.29. The number of quaternary nitrogens is 1. The summed E-state index contributed by atoms with van der Waals surface area (Å²) in [6.45, 7) is 0. The smallest absolute Gasteiger partial charge is 0.121 e. The molecule has 1 fully saturated rings. The van der Waals surface area contributed by atoms with Gasteiger partial charge in [0.25, 0.3) is 0 Å². The summed E-state index contributed by atoms with van der Waals surface area (Å²) in [4.78, 5) is 0. The Morgan fingerprint density at radius 2 is 2.20 bits per heavy atom. The van der Waals surface area contributed by atoms with Crippen LogP contribution >= 0.6 is 0 Å². The third-order valence-corrected chi connectivity index (χ3v) is 2.18. The Bertz CT molecular complexity index is 203. The Balaban J connectivity index is 2.27. The molecular weight excluding hydrogens is 124 g/mol. The molecule has 0 atom stereocenters. The molecule has 54 valence electrons. The van der Waals surface area contributed by atoms with Crippen LogP contribution in [-0.4, -0.2) is 12.1 Å². The Morgan fingerprint density at radius 3 is 3.10 bits per heavy atom. The van der Waals surface area contributed by atoms with Gasteiger partial charge in [0.2, 0.25) is 0 Å². The summed E-state index contributed by atoms with van der Waals surface area (Å²) in [7, 11) is 2.08. The number of hydrogen-bond donors (Lipinski definition) is 1. The lowest BCUT2D eigenvalue weighted by Gasteiger charge is -2.15. The molecule has 10 heavy (non-hydrogen) atoms. The molecule has 2 rings (SSSR count). The molecule has 0 aromatic carbocycles. The van der Waals surface area contributed by atoms with Crippen molar-refractivity contribution in [2.75, 3.05) is 7.05 Å². The molecule has 1 saturated carbocycles. The molecule has 0 radical (unpaired) electrons. The lowest BCUT2D eigenvalue weighted by Crippen LogP contribution is -2.87. The molecule has 1 aliphatic heterocycles. The second kappa shape index (κ2) is 2.13. The second-order valence-corrected chi connectivity index (χ2v) is 3.01. The third kappa shape index (κ3) is 0.847. The number of rotatable bonds is 0. The lowest BCUT2D eigenvalue weighted by atomic mass is 10.1. The van der Waals surface area contributed by atoms with E-state index in [4.69, 9.17) is 0 Å². The minimum Gasteiger partial charge on any atom is -0.233 e. The first-order valence-corrected chi connectivity index (χ1v) is 3.83. The molecule has 0 bridgehead atoms. The van der Waals surface area contributed by atoms with E-state index in [1.807, 2.05) is 0 Å². The summed E-state index contributed by atoms with van der Waals surface area (Å²) in [6.07, 6.45) is 8.39. The van der Waals surface area contributed by atoms with Crippen LogP contribution in [0.15, 0.2) is 23.5 Å². The van der Waals surface area contributed by atoms with Gasteiger partial charge in [0.1, 0.15) is 6.20 Å². The summed E-state index contributed by atoms with van der Waals surface area (Å²) >= 11 is 0. The number of fused-ring (bicyclic) bond motifs is 1. The van der Waals surface area contributed by atoms with Gasteiger partial charge in [-0.25, -0.2) is 10.4 Å². The van der Waals surface area contributed by atoms with Gasteiger partial charge in [0.05, 0.1) is 13.2 Å². The first-order chi connectivity index (χ1) is 4.86. The number of nitrogens with two attached hydrogens (primary N) is 1. The summed E-state index contributed by atoms with van der Waals surface area (Å²) in [5.74, 6) is 0. The predicted molar refractivity (Wildman–Crippen MR) is 39.7 cm³/mol. The first-order valence-electron chi connectivity index (χ1n) is 3.83. The number of allylic oxidation sites excluding steroid dienone is 2. The maximum atomic E-state index is 2.24. The van der Waals surface area contributed by atoms with Crippen LogP contribution in [0.5, 0.6) is 0 Å². The number of hydrogen-bond acceptors (Lipinski definition) is 1. The second-order valence-electron chi connectivity index (χ2n) is 3.01. The zero-order valence-electron chi connectivity index (χ0n) is 6.30. The van der Waals surface area contributed by atoms with Gasteiger partial charge < -0.3 is 0 Å². The van der Waals surface area contributed by atoms with E-state index in [1.165, 1.54) is 19.3 Å². The van der Waals surface area contributed by atoms with E-state index in [1.54, 1.807) is 11.1 Å². The Labute approximate surface area is 61.2 Å². The molecule has 0 aromatic rings. The average Bonchev–Trinajstić information content (AvgIpc) is 2.33. The van der Waals surface area contributed by atoms with Crippen molar-refractivity contribution in [2.45, 2.75) is 19.3 Å². The predicted octanol–water partition coefficient (Wildman–Crippen LogP) is 0.362. The van der Waals surface area contributed by atoms with Crippen LogP contribution in [0, 0.1) is 0 Å². The topological polar surface area (TPSA) is 19.9 Å². The fourth-order valence-electron chi connectivity index (χ4n) is 1.62. The maximum Gasteiger partial charge on any atom is 0.121 e. The van der Waals surface area contributed by atoms with Gasteiger partial charge in [0.15, 0.2) is 0 Å². The van der Waals surface area contributed by atoms with E-state index in [0.717, 1.165) is 0 Å². The molecule has 1 heterocycles. The van der Waals surface area contributed by atoms with Crippen LogP contribution in [0.3, 0.4) is 0 Å². The summed E-state index contributed by atoms with van der Waals surface area (Å²) in [5, 5.41) is 2.13. The molecule has 2 nitrogen and oxygen atoms in total. The van der Waals surface area contributed by atoms with Crippen molar-refractivity contribution >= 4 is 0 Å². The molecule has 2 heteroatoms. The molecule has 0 spiro atoms. The Kier molecular flexibility index (Phi) is 1.27. The largest absolute Gasteiger partial charge is 0.233 e. The van der Waals surface area contributed by atoms with E-state index in [2.05, 4.69) is 29.9 Å². The minimum atomic E-state index is 1.28. The van der Waals surface area contributed by atoms with Crippen molar-refractivity contribution in [3.63, 3.8) is 0 Å². The highest BCUT2D eigenvalue weighted by molar-refractivity contribution is 5.33. The normalized spacial score (nSPS) is 23.9. The molecule has 2 aliphatic rings. The van der Waals surface area contributed by atoms with Gasteiger partial charge in [-0.05, 0) is 24.8 Å². The van der Waals surface area contributed by atoms with Crippen molar-refractivity contribution in [3.8, 4) is 0 Å². The van der Waals surface area contributed by atoms with Gasteiger partial charge in [-0.3, -0.25) is 0 Å². The molecule has 0 amide bonds. The van der Waals surface area contributed by atoms with Gasteiger partial charge >= 0.3 is 0 Å². The molecule has 1 aliphatic carbocycles. The minimum absolute atomic E-state index is 1.28. The quantitative estimate of drug-likeness (QED) is 0.478. The van der Waals surface area contributed by atoms with E-state index < -0.39 is 0 Å². The summed E-state index contributed by atoms with van der Waals surface area (Å²) in [5.41, 5.74) is 5.23. The third-order valence-electron chi connectivity index (χ3n) is 2.18. The van der Waals surface area contributed by atoms with E-state index in [9.17, 15) is 0 Å². The highest BCUT2D eigenvalue weighted by Gasteiger charge is 2.18. The van der Waals surface area contributed by atoms with Gasteiger partial charge in [-0.1, -0.05) is 0 Å². The van der Waals surface area contributed by atoms with Crippen LogP contribution in [-0.2, 0) is 0 Å². The summed E-state index contributed by atoms with van der Waals surface area (Å²) < 4.78 is 0. The zero-order chi connectivity index (χ0) is 6.97. The molecule has 0 aromatic heterocycles. The van der Waals surface area contributed by atoms with Crippen molar-refractivity contribution < 1.29 is 5.43 Å². The van der Waals surface area contributed by atoms with E-state index in [0.29, 0.717) is 0 Å². The first kappa shape index (κ1) is 5.98.